The van der Waals surface area contributed by atoms with Crippen LogP contribution in [0.25, 0.3) is 16.6 Å². The molecule has 1 fully saturated rings. The number of amides is 1. The molecule has 4 rings (SSSR count). The molecule has 0 atom stereocenters. The molecule has 0 unspecified atom stereocenters. The number of thioether (sulfide) groups is 1. The van der Waals surface area contributed by atoms with Crippen molar-refractivity contribution >= 4 is 28.6 Å². The van der Waals surface area contributed by atoms with Gasteiger partial charge in [0.25, 0.3) is 5.56 Å². The molecule has 1 aromatic heterocycles. The van der Waals surface area contributed by atoms with Gasteiger partial charge in [0.1, 0.15) is 0 Å². The molecule has 1 saturated heterocycles. The van der Waals surface area contributed by atoms with Crippen molar-refractivity contribution in [3.8, 4) is 5.69 Å². The fourth-order valence-electron chi connectivity index (χ4n) is 3.51. The van der Waals surface area contributed by atoms with Gasteiger partial charge in [-0.15, -0.1) is 0 Å². The number of aromatic nitrogens is 2. The second-order valence-corrected chi connectivity index (χ2v) is 8.07. The van der Waals surface area contributed by atoms with Crippen LogP contribution in [0.1, 0.15) is 11.1 Å². The Bertz CT molecular complexity index is 1120. The van der Waals surface area contributed by atoms with Crippen molar-refractivity contribution < 1.29 is 9.53 Å². The number of benzene rings is 2. The fraction of sp³-hybridized carbons (Fsp3) is 0.318. The molecule has 1 aliphatic rings. The maximum Gasteiger partial charge on any atom is 0.266 e. The van der Waals surface area contributed by atoms with E-state index < -0.39 is 0 Å². The molecule has 2 heterocycles. The molecule has 0 saturated carbocycles. The fourth-order valence-corrected chi connectivity index (χ4v) is 4.42. The molecule has 3 aromatic rings. The van der Waals surface area contributed by atoms with E-state index in [9.17, 15) is 9.59 Å². The van der Waals surface area contributed by atoms with Crippen LogP contribution >= 0.6 is 11.8 Å². The van der Waals surface area contributed by atoms with Crippen molar-refractivity contribution in [2.75, 3.05) is 32.1 Å². The molecule has 1 amide bonds. The number of fused-ring (bicyclic) bond motifs is 1. The zero-order valence-corrected chi connectivity index (χ0v) is 17.4. The van der Waals surface area contributed by atoms with Gasteiger partial charge in [0.15, 0.2) is 5.16 Å². The third kappa shape index (κ3) is 4.06. The van der Waals surface area contributed by atoms with Crippen molar-refractivity contribution in [1.82, 2.24) is 14.5 Å². The van der Waals surface area contributed by atoms with Crippen LogP contribution in [-0.4, -0.2) is 52.4 Å². The average molecular weight is 410 g/mol. The van der Waals surface area contributed by atoms with Crippen LogP contribution in [0.4, 0.5) is 0 Å². The molecule has 0 aliphatic carbocycles. The summed E-state index contributed by atoms with van der Waals surface area (Å²) in [5, 5.41) is 1.10. The smallest absolute Gasteiger partial charge is 0.266 e. The molecule has 150 valence electrons. The first-order valence-electron chi connectivity index (χ1n) is 9.62. The first-order valence-corrected chi connectivity index (χ1v) is 10.6. The standard InChI is InChI=1S/C22H23N3O3S/c1-15-7-8-19(16(2)13-15)25-21(27)17-5-3-4-6-18(17)23-22(25)29-14-20(26)24-9-11-28-12-10-24/h3-8,13H,9-12,14H2,1-2H3. The lowest BCUT2D eigenvalue weighted by molar-refractivity contribution is -0.132. The van der Waals surface area contributed by atoms with E-state index in [0.717, 1.165) is 16.8 Å². The highest BCUT2D eigenvalue weighted by atomic mass is 32.2. The van der Waals surface area contributed by atoms with Gasteiger partial charge in [-0.25, -0.2) is 4.98 Å². The first-order chi connectivity index (χ1) is 14.0. The summed E-state index contributed by atoms with van der Waals surface area (Å²) in [4.78, 5) is 32.5. The number of rotatable bonds is 4. The monoisotopic (exact) mass is 409 g/mol. The first kappa shape index (κ1) is 19.7. The maximum absolute atomic E-state index is 13.3. The van der Waals surface area contributed by atoms with E-state index in [2.05, 4.69) is 0 Å². The Balaban J connectivity index is 1.75. The Kier molecular flexibility index (Phi) is 5.69. The maximum atomic E-state index is 13.3. The van der Waals surface area contributed by atoms with Gasteiger partial charge in [-0.2, -0.15) is 0 Å². The summed E-state index contributed by atoms with van der Waals surface area (Å²) in [7, 11) is 0. The van der Waals surface area contributed by atoms with Gasteiger partial charge in [0, 0.05) is 13.1 Å². The predicted octanol–water partition coefficient (Wildman–Crippen LogP) is 2.95. The molecule has 1 aliphatic heterocycles. The number of para-hydroxylation sites is 1. The summed E-state index contributed by atoms with van der Waals surface area (Å²) in [6.45, 7) is 6.35. The second kappa shape index (κ2) is 8.39. The number of morpholine rings is 1. The minimum absolute atomic E-state index is 0.0351. The topological polar surface area (TPSA) is 64.4 Å². The molecule has 0 N–H and O–H groups in total. The summed E-state index contributed by atoms with van der Waals surface area (Å²) in [6.07, 6.45) is 0. The van der Waals surface area contributed by atoms with E-state index in [1.807, 2.05) is 50.2 Å². The number of carbonyl (C=O) groups is 1. The van der Waals surface area contributed by atoms with E-state index in [4.69, 9.17) is 9.72 Å². The summed E-state index contributed by atoms with van der Waals surface area (Å²) < 4.78 is 6.95. The van der Waals surface area contributed by atoms with E-state index >= 15 is 0 Å². The Morgan fingerprint density at radius 2 is 1.90 bits per heavy atom. The highest BCUT2D eigenvalue weighted by Crippen LogP contribution is 2.24. The van der Waals surface area contributed by atoms with Crippen LogP contribution in [0, 0.1) is 13.8 Å². The van der Waals surface area contributed by atoms with Gasteiger partial charge in [0.2, 0.25) is 5.91 Å². The normalized spacial score (nSPS) is 14.3. The Labute approximate surface area is 173 Å². The van der Waals surface area contributed by atoms with Crippen LogP contribution in [0.5, 0.6) is 0 Å². The minimum atomic E-state index is -0.121. The molecule has 0 spiro atoms. The van der Waals surface area contributed by atoms with Gasteiger partial charge < -0.3 is 9.64 Å². The molecular formula is C22H23N3O3S. The quantitative estimate of drug-likeness (QED) is 0.490. The summed E-state index contributed by atoms with van der Waals surface area (Å²) in [6, 6.07) is 13.3. The largest absolute Gasteiger partial charge is 0.378 e. The molecule has 6 nitrogen and oxygen atoms in total. The summed E-state index contributed by atoms with van der Waals surface area (Å²) >= 11 is 1.31. The lowest BCUT2D eigenvalue weighted by Crippen LogP contribution is -2.41. The van der Waals surface area contributed by atoms with E-state index in [-0.39, 0.29) is 17.2 Å². The van der Waals surface area contributed by atoms with Crippen molar-refractivity contribution in [2.24, 2.45) is 0 Å². The predicted molar refractivity (Wildman–Crippen MR) is 115 cm³/mol. The third-order valence-electron chi connectivity index (χ3n) is 5.03. The number of carbonyl (C=O) groups excluding carboxylic acids is 1. The van der Waals surface area contributed by atoms with Crippen LogP contribution in [0.3, 0.4) is 0 Å². The zero-order chi connectivity index (χ0) is 20.4. The number of nitrogens with zero attached hydrogens (tertiary/aromatic N) is 3. The Morgan fingerprint density at radius 3 is 2.66 bits per heavy atom. The van der Waals surface area contributed by atoms with Gasteiger partial charge >= 0.3 is 0 Å². The Morgan fingerprint density at radius 1 is 1.14 bits per heavy atom. The van der Waals surface area contributed by atoms with Crippen LogP contribution in [0.15, 0.2) is 52.4 Å². The van der Waals surface area contributed by atoms with Gasteiger partial charge in [-0.3, -0.25) is 14.2 Å². The highest BCUT2D eigenvalue weighted by molar-refractivity contribution is 7.99. The molecule has 29 heavy (non-hydrogen) atoms. The van der Waals surface area contributed by atoms with Crippen molar-refractivity contribution in [1.29, 1.82) is 0 Å². The highest BCUT2D eigenvalue weighted by Gasteiger charge is 2.20. The molecular weight excluding hydrogens is 386 g/mol. The van der Waals surface area contributed by atoms with E-state index in [1.165, 1.54) is 11.8 Å². The number of hydrogen-bond acceptors (Lipinski definition) is 5. The SMILES string of the molecule is Cc1ccc(-n2c(SCC(=O)N3CCOCC3)nc3ccccc3c2=O)c(C)c1. The number of ether oxygens (including phenoxy) is 1. The van der Waals surface area contributed by atoms with Crippen molar-refractivity contribution in [2.45, 2.75) is 19.0 Å². The van der Waals surface area contributed by atoms with E-state index in [0.29, 0.717) is 42.4 Å². The summed E-state index contributed by atoms with van der Waals surface area (Å²) in [5.41, 5.74) is 3.43. The number of aryl methyl sites for hydroxylation is 2. The van der Waals surface area contributed by atoms with Crippen molar-refractivity contribution in [3.05, 3.63) is 63.9 Å². The van der Waals surface area contributed by atoms with Gasteiger partial charge in [-0.05, 0) is 37.6 Å². The number of hydrogen-bond donors (Lipinski definition) is 0. The minimum Gasteiger partial charge on any atom is -0.378 e. The van der Waals surface area contributed by atoms with Crippen LogP contribution in [0.2, 0.25) is 0 Å². The molecule has 7 heteroatoms. The lowest BCUT2D eigenvalue weighted by atomic mass is 10.1. The van der Waals surface area contributed by atoms with Gasteiger partial charge in [-0.1, -0.05) is 41.6 Å². The Hall–Kier alpha value is -2.64. The molecule has 0 bridgehead atoms. The third-order valence-corrected chi connectivity index (χ3v) is 5.95. The average Bonchev–Trinajstić information content (AvgIpc) is 2.73. The van der Waals surface area contributed by atoms with Crippen LogP contribution < -0.4 is 5.56 Å². The summed E-state index contributed by atoms with van der Waals surface area (Å²) in [5.74, 6) is 0.267. The second-order valence-electron chi connectivity index (χ2n) is 7.12. The van der Waals surface area contributed by atoms with E-state index in [1.54, 1.807) is 15.5 Å². The van der Waals surface area contributed by atoms with Gasteiger partial charge in [0.05, 0.1) is 35.6 Å². The van der Waals surface area contributed by atoms with Crippen molar-refractivity contribution in [3.63, 3.8) is 0 Å². The molecule has 0 radical (unpaired) electrons. The van der Waals surface area contributed by atoms with Crippen LogP contribution in [-0.2, 0) is 9.53 Å². The lowest BCUT2D eigenvalue weighted by Gasteiger charge is -2.26. The molecule has 2 aromatic carbocycles. The zero-order valence-electron chi connectivity index (χ0n) is 16.6.